The number of thiazole rings is 1. The summed E-state index contributed by atoms with van der Waals surface area (Å²) in [5, 5.41) is 23.4. The van der Waals surface area contributed by atoms with Gasteiger partial charge >= 0.3 is 0 Å². The van der Waals surface area contributed by atoms with Crippen LogP contribution in [-0.4, -0.2) is 9.97 Å². The van der Waals surface area contributed by atoms with Crippen LogP contribution in [0.15, 0.2) is 65.0 Å². The Morgan fingerprint density at radius 3 is 2.42 bits per heavy atom. The molecule has 0 atom stereocenters. The van der Waals surface area contributed by atoms with Gasteiger partial charge in [0.1, 0.15) is 33.6 Å². The number of hydrogen-bond donors (Lipinski definition) is 1. The smallest absolute Gasteiger partial charge is 0.143 e. The summed E-state index contributed by atoms with van der Waals surface area (Å²) in [6.07, 6.45) is 0. The number of nitrogens with zero attached hydrogens (tertiary/aromatic N) is 4. The van der Waals surface area contributed by atoms with E-state index in [1.54, 1.807) is 35.6 Å². The van der Waals surface area contributed by atoms with E-state index in [2.05, 4.69) is 22.1 Å². The molecule has 150 valence electrons. The van der Waals surface area contributed by atoms with Crippen molar-refractivity contribution < 1.29 is 0 Å². The molecule has 0 aliphatic heterocycles. The fourth-order valence-corrected chi connectivity index (χ4v) is 5.09. The maximum Gasteiger partial charge on any atom is 0.143 e. The van der Waals surface area contributed by atoms with Gasteiger partial charge in [-0.25, -0.2) is 9.97 Å². The normalized spacial score (nSPS) is 10.4. The summed E-state index contributed by atoms with van der Waals surface area (Å²) in [7, 11) is 0. The quantitative estimate of drug-likeness (QED) is 0.359. The van der Waals surface area contributed by atoms with Gasteiger partial charge in [0.2, 0.25) is 0 Å². The molecule has 2 heterocycles. The van der Waals surface area contributed by atoms with E-state index in [0.29, 0.717) is 32.5 Å². The topological polar surface area (TPSA) is 99.4 Å². The van der Waals surface area contributed by atoms with Gasteiger partial charge in [-0.2, -0.15) is 10.5 Å². The van der Waals surface area contributed by atoms with Gasteiger partial charge in [0, 0.05) is 21.5 Å². The Hall–Kier alpha value is -3.36. The summed E-state index contributed by atoms with van der Waals surface area (Å²) in [5.74, 6) is 0.613. The van der Waals surface area contributed by atoms with Crippen LogP contribution < -0.4 is 5.73 Å². The van der Waals surface area contributed by atoms with Crippen molar-refractivity contribution in [2.45, 2.75) is 10.8 Å². The summed E-state index contributed by atoms with van der Waals surface area (Å²) >= 11 is 9.05. The number of rotatable bonds is 5. The molecular weight excluding hydrogens is 446 g/mol. The maximum absolute atomic E-state index is 9.89. The minimum Gasteiger partial charge on any atom is -0.383 e. The lowest BCUT2D eigenvalue weighted by atomic mass is 9.97. The van der Waals surface area contributed by atoms with Crippen molar-refractivity contribution in [3.05, 3.63) is 81.1 Å². The Bertz CT molecular complexity index is 1340. The second kappa shape index (κ2) is 9.20. The molecule has 0 fully saturated rings. The van der Waals surface area contributed by atoms with E-state index < -0.39 is 0 Å². The summed E-state index contributed by atoms with van der Waals surface area (Å²) in [6, 6.07) is 21.2. The lowest BCUT2D eigenvalue weighted by Gasteiger charge is -2.13. The van der Waals surface area contributed by atoms with Gasteiger partial charge in [-0.1, -0.05) is 65.8 Å². The third-order valence-corrected chi connectivity index (χ3v) is 6.74. The first-order valence-electron chi connectivity index (χ1n) is 9.13. The summed E-state index contributed by atoms with van der Waals surface area (Å²) in [5.41, 5.74) is 9.62. The average molecular weight is 460 g/mol. The molecule has 2 N–H and O–H groups in total. The van der Waals surface area contributed by atoms with Gasteiger partial charge in [-0.05, 0) is 17.7 Å². The molecule has 0 saturated carbocycles. The monoisotopic (exact) mass is 459 g/mol. The Morgan fingerprint density at radius 2 is 1.71 bits per heavy atom. The van der Waals surface area contributed by atoms with Crippen LogP contribution in [0, 0.1) is 22.7 Å². The van der Waals surface area contributed by atoms with Crippen LogP contribution >= 0.6 is 34.7 Å². The maximum atomic E-state index is 9.89. The van der Waals surface area contributed by atoms with E-state index in [4.69, 9.17) is 17.3 Å². The van der Waals surface area contributed by atoms with Crippen LogP contribution in [0.2, 0.25) is 5.02 Å². The molecule has 0 aliphatic rings. The summed E-state index contributed by atoms with van der Waals surface area (Å²) < 4.78 is 0. The number of halogens is 1. The van der Waals surface area contributed by atoms with Gasteiger partial charge in [0.05, 0.1) is 17.0 Å². The van der Waals surface area contributed by atoms with E-state index in [0.717, 1.165) is 16.3 Å². The van der Waals surface area contributed by atoms with Gasteiger partial charge in [0.25, 0.3) is 0 Å². The standard InChI is InChI=1S/C23H14ClN5S2/c24-16-8-4-7-15(9-16)21-17(10-25)22(27)29-23(18(21)11-26)31-13-20-28-19(12-30-20)14-5-2-1-3-6-14/h1-9,12H,13H2,(H2,27,29). The summed E-state index contributed by atoms with van der Waals surface area (Å²) in [6.45, 7) is 0. The lowest BCUT2D eigenvalue weighted by molar-refractivity contribution is 1.11. The first-order valence-corrected chi connectivity index (χ1v) is 11.4. The molecular formula is C23H14ClN5S2. The SMILES string of the molecule is N#Cc1c(N)nc(SCc2nc(-c3ccccc3)cs2)c(C#N)c1-c1cccc(Cl)c1. The van der Waals surface area contributed by atoms with Gasteiger partial charge in [-0.15, -0.1) is 11.3 Å². The van der Waals surface area contributed by atoms with Crippen molar-refractivity contribution >= 4 is 40.5 Å². The Kier molecular flexibility index (Phi) is 6.20. The third-order valence-electron chi connectivity index (χ3n) is 4.48. The van der Waals surface area contributed by atoms with E-state index >= 15 is 0 Å². The zero-order valence-electron chi connectivity index (χ0n) is 16.0. The number of nitrogens with two attached hydrogens (primary N) is 1. The predicted octanol–water partition coefficient (Wildman–Crippen LogP) is 6.14. The number of aromatic nitrogens is 2. The van der Waals surface area contributed by atoms with Crippen molar-refractivity contribution in [1.82, 2.24) is 9.97 Å². The summed E-state index contributed by atoms with van der Waals surface area (Å²) in [4.78, 5) is 9.03. The van der Waals surface area contributed by atoms with E-state index in [-0.39, 0.29) is 11.4 Å². The second-order valence-electron chi connectivity index (χ2n) is 6.44. The highest BCUT2D eigenvalue weighted by Gasteiger charge is 2.21. The molecule has 5 nitrogen and oxygen atoms in total. The highest BCUT2D eigenvalue weighted by molar-refractivity contribution is 7.98. The molecule has 8 heteroatoms. The molecule has 4 rings (SSSR count). The van der Waals surface area contributed by atoms with Gasteiger partial charge < -0.3 is 5.73 Å². The molecule has 2 aromatic heterocycles. The lowest BCUT2D eigenvalue weighted by Crippen LogP contribution is -2.03. The van der Waals surface area contributed by atoms with E-state index in [9.17, 15) is 10.5 Å². The van der Waals surface area contributed by atoms with Gasteiger partial charge in [0.15, 0.2) is 0 Å². The van der Waals surface area contributed by atoms with Crippen LogP contribution in [-0.2, 0) is 5.75 Å². The fourth-order valence-electron chi connectivity index (χ4n) is 3.08. The van der Waals surface area contributed by atoms with Crippen LogP contribution in [0.3, 0.4) is 0 Å². The number of nitriles is 2. The van der Waals surface area contributed by atoms with Crippen molar-refractivity contribution in [3.8, 4) is 34.5 Å². The molecule has 0 amide bonds. The van der Waals surface area contributed by atoms with Crippen molar-refractivity contribution in [3.63, 3.8) is 0 Å². The van der Waals surface area contributed by atoms with Crippen molar-refractivity contribution in [1.29, 1.82) is 10.5 Å². The Balaban J connectivity index is 1.69. The van der Waals surface area contributed by atoms with Crippen molar-refractivity contribution in [2.24, 2.45) is 0 Å². The first-order chi connectivity index (χ1) is 15.1. The highest BCUT2D eigenvalue weighted by Crippen LogP contribution is 2.37. The molecule has 0 unspecified atom stereocenters. The predicted molar refractivity (Wildman–Crippen MR) is 126 cm³/mol. The largest absolute Gasteiger partial charge is 0.383 e. The highest BCUT2D eigenvalue weighted by atomic mass is 35.5. The Morgan fingerprint density at radius 1 is 0.968 bits per heavy atom. The molecule has 31 heavy (non-hydrogen) atoms. The molecule has 0 spiro atoms. The van der Waals surface area contributed by atoms with Crippen LogP contribution in [0.5, 0.6) is 0 Å². The molecule has 0 radical (unpaired) electrons. The molecule has 0 bridgehead atoms. The number of nitrogen functional groups attached to an aromatic ring is 1. The zero-order chi connectivity index (χ0) is 21.8. The van der Waals surface area contributed by atoms with E-state index in [1.807, 2.05) is 35.7 Å². The van der Waals surface area contributed by atoms with Gasteiger partial charge in [-0.3, -0.25) is 0 Å². The number of benzene rings is 2. The van der Waals surface area contributed by atoms with Crippen LogP contribution in [0.1, 0.15) is 16.1 Å². The van der Waals surface area contributed by atoms with E-state index in [1.165, 1.54) is 11.8 Å². The molecule has 0 saturated heterocycles. The van der Waals surface area contributed by atoms with Crippen LogP contribution in [0.4, 0.5) is 5.82 Å². The average Bonchev–Trinajstić information content (AvgIpc) is 3.27. The van der Waals surface area contributed by atoms with Crippen molar-refractivity contribution in [2.75, 3.05) is 5.73 Å². The third kappa shape index (κ3) is 4.40. The number of hydrogen-bond acceptors (Lipinski definition) is 7. The van der Waals surface area contributed by atoms with Crippen LogP contribution in [0.25, 0.3) is 22.4 Å². The Labute approximate surface area is 192 Å². The number of thioether (sulfide) groups is 1. The minimum absolute atomic E-state index is 0.0862. The second-order valence-corrected chi connectivity index (χ2v) is 8.79. The first kappa shape index (κ1) is 20.9. The molecule has 4 aromatic rings. The molecule has 2 aromatic carbocycles. The number of pyridine rings is 1. The fraction of sp³-hybridized carbons (Fsp3) is 0.0435. The minimum atomic E-state index is 0.0862. The number of anilines is 1. The zero-order valence-corrected chi connectivity index (χ0v) is 18.4. The molecule has 0 aliphatic carbocycles.